The molecule has 0 spiro atoms. The Morgan fingerprint density at radius 2 is 1.85 bits per heavy atom. The van der Waals surface area contributed by atoms with Gasteiger partial charge < -0.3 is 19.7 Å². The number of carbonyl (C=O) groups excluding carboxylic acids is 1. The van der Waals surface area contributed by atoms with Crippen LogP contribution in [0.2, 0.25) is 5.02 Å². The van der Waals surface area contributed by atoms with E-state index >= 15 is 0 Å². The quantitative estimate of drug-likeness (QED) is 0.307. The predicted molar refractivity (Wildman–Crippen MR) is 135 cm³/mol. The maximum atomic E-state index is 12.7. The van der Waals surface area contributed by atoms with Crippen molar-refractivity contribution in [3.05, 3.63) is 83.4 Å². The number of aryl methyl sites for hydroxylation is 1. The number of phenols is 1. The van der Waals surface area contributed by atoms with Crippen molar-refractivity contribution in [2.24, 2.45) is 0 Å². The van der Waals surface area contributed by atoms with Crippen molar-refractivity contribution < 1.29 is 14.6 Å². The standard InChI is InChI=1S/C25H23ClN4O3S/c1-33-22-12-11-18(26)15-20(22)27-23(32)16-34-25-29-28-24(19-9-5-6-10-21(19)31)30(25)14-13-17-7-3-2-4-8-17/h2-12,15,31H,13-14,16H2,1H3,(H,27,32). The molecule has 0 fully saturated rings. The Labute approximate surface area is 206 Å². The molecular formula is C25H23ClN4O3S. The van der Waals surface area contributed by atoms with Gasteiger partial charge in [-0.1, -0.05) is 65.8 Å². The smallest absolute Gasteiger partial charge is 0.234 e. The predicted octanol–water partition coefficient (Wildman–Crippen LogP) is 5.29. The third kappa shape index (κ3) is 5.70. The van der Waals surface area contributed by atoms with Gasteiger partial charge in [-0.2, -0.15) is 0 Å². The highest BCUT2D eigenvalue weighted by molar-refractivity contribution is 7.99. The topological polar surface area (TPSA) is 89.3 Å². The number of aromatic nitrogens is 3. The number of carbonyl (C=O) groups is 1. The number of anilines is 1. The number of benzene rings is 3. The van der Waals surface area contributed by atoms with E-state index < -0.39 is 0 Å². The van der Waals surface area contributed by atoms with Gasteiger partial charge in [-0.05, 0) is 42.3 Å². The van der Waals surface area contributed by atoms with E-state index in [4.69, 9.17) is 16.3 Å². The average Bonchev–Trinajstić information content (AvgIpc) is 3.25. The minimum atomic E-state index is -0.229. The summed E-state index contributed by atoms with van der Waals surface area (Å²) in [4.78, 5) is 12.7. The second kappa shape index (κ2) is 11.1. The molecule has 1 amide bonds. The Morgan fingerprint density at radius 1 is 1.09 bits per heavy atom. The Morgan fingerprint density at radius 3 is 2.62 bits per heavy atom. The molecule has 4 aromatic rings. The van der Waals surface area contributed by atoms with Crippen molar-refractivity contribution in [1.29, 1.82) is 0 Å². The van der Waals surface area contributed by atoms with E-state index in [1.54, 1.807) is 36.4 Å². The number of halogens is 1. The number of aromatic hydroxyl groups is 1. The van der Waals surface area contributed by atoms with Crippen LogP contribution in [0.15, 0.2) is 78.0 Å². The molecule has 4 rings (SSSR count). The van der Waals surface area contributed by atoms with Crippen LogP contribution in [0.4, 0.5) is 5.69 Å². The van der Waals surface area contributed by atoms with Crippen LogP contribution in [0.1, 0.15) is 5.56 Å². The third-order valence-corrected chi connectivity index (χ3v) is 6.30. The van der Waals surface area contributed by atoms with E-state index in [1.165, 1.54) is 24.4 Å². The van der Waals surface area contributed by atoms with E-state index in [0.717, 1.165) is 6.42 Å². The molecule has 0 bridgehead atoms. The lowest BCUT2D eigenvalue weighted by Gasteiger charge is -2.12. The fourth-order valence-corrected chi connectivity index (χ4v) is 4.38. The summed E-state index contributed by atoms with van der Waals surface area (Å²) in [6.07, 6.45) is 0.749. The summed E-state index contributed by atoms with van der Waals surface area (Å²) in [5, 5.41) is 22.9. The molecule has 0 unspecified atom stereocenters. The summed E-state index contributed by atoms with van der Waals surface area (Å²) in [5.74, 6) is 1.08. The van der Waals surface area contributed by atoms with Crippen molar-refractivity contribution in [2.75, 3.05) is 18.2 Å². The van der Waals surface area contributed by atoms with Crippen molar-refractivity contribution in [2.45, 2.75) is 18.1 Å². The molecular weight excluding hydrogens is 472 g/mol. The SMILES string of the molecule is COc1ccc(Cl)cc1NC(=O)CSc1nnc(-c2ccccc2O)n1CCc1ccccc1. The summed E-state index contributed by atoms with van der Waals surface area (Å²) in [6, 6.07) is 22.1. The van der Waals surface area contributed by atoms with Gasteiger partial charge in [0, 0.05) is 11.6 Å². The van der Waals surface area contributed by atoms with Crippen molar-refractivity contribution >= 4 is 35.0 Å². The Hall–Kier alpha value is -3.49. The zero-order valence-electron chi connectivity index (χ0n) is 18.4. The van der Waals surface area contributed by atoms with Crippen LogP contribution in [-0.2, 0) is 17.8 Å². The highest BCUT2D eigenvalue weighted by atomic mass is 35.5. The molecule has 0 aliphatic carbocycles. The number of nitrogens with one attached hydrogen (secondary N) is 1. The first-order valence-corrected chi connectivity index (χ1v) is 11.9. The van der Waals surface area contributed by atoms with Crippen LogP contribution < -0.4 is 10.1 Å². The number of rotatable bonds is 9. The summed E-state index contributed by atoms with van der Waals surface area (Å²) >= 11 is 7.33. The number of ether oxygens (including phenoxy) is 1. The second-order valence-electron chi connectivity index (χ2n) is 7.39. The lowest BCUT2D eigenvalue weighted by Crippen LogP contribution is -2.15. The molecule has 0 saturated carbocycles. The molecule has 0 radical (unpaired) electrons. The summed E-state index contributed by atoms with van der Waals surface area (Å²) in [5.41, 5.74) is 2.25. The van der Waals surface area contributed by atoms with Crippen LogP contribution in [0.5, 0.6) is 11.5 Å². The van der Waals surface area contributed by atoms with E-state index in [1.807, 2.05) is 28.8 Å². The summed E-state index contributed by atoms with van der Waals surface area (Å²) in [6.45, 7) is 0.590. The molecule has 0 aliphatic heterocycles. The van der Waals surface area contributed by atoms with Crippen LogP contribution in [0.25, 0.3) is 11.4 Å². The largest absolute Gasteiger partial charge is 0.507 e. The molecule has 0 aliphatic rings. The molecule has 0 atom stereocenters. The Balaban J connectivity index is 1.53. The van der Waals surface area contributed by atoms with Crippen LogP contribution in [0, 0.1) is 0 Å². The van der Waals surface area contributed by atoms with Gasteiger partial charge in [0.2, 0.25) is 5.91 Å². The van der Waals surface area contributed by atoms with Gasteiger partial charge in [-0.25, -0.2) is 0 Å². The molecule has 34 heavy (non-hydrogen) atoms. The molecule has 7 nitrogen and oxygen atoms in total. The molecule has 2 N–H and O–H groups in total. The molecule has 0 saturated heterocycles. The number of methoxy groups -OCH3 is 1. The highest BCUT2D eigenvalue weighted by Crippen LogP contribution is 2.31. The molecule has 174 valence electrons. The van der Waals surface area contributed by atoms with E-state index in [9.17, 15) is 9.90 Å². The van der Waals surface area contributed by atoms with Crippen molar-refractivity contribution in [3.63, 3.8) is 0 Å². The molecule has 1 aromatic heterocycles. The summed E-state index contributed by atoms with van der Waals surface area (Å²) < 4.78 is 7.22. The highest BCUT2D eigenvalue weighted by Gasteiger charge is 2.18. The Bertz CT molecular complexity index is 1280. The first kappa shape index (κ1) is 23.7. The van der Waals surface area contributed by atoms with Gasteiger partial charge >= 0.3 is 0 Å². The fourth-order valence-electron chi connectivity index (χ4n) is 3.44. The molecule has 3 aromatic carbocycles. The average molecular weight is 495 g/mol. The zero-order chi connectivity index (χ0) is 23.9. The number of nitrogens with zero attached hydrogens (tertiary/aromatic N) is 3. The number of hydrogen-bond donors (Lipinski definition) is 2. The lowest BCUT2D eigenvalue weighted by molar-refractivity contribution is -0.113. The van der Waals surface area contributed by atoms with E-state index in [-0.39, 0.29) is 17.4 Å². The van der Waals surface area contributed by atoms with Crippen LogP contribution >= 0.6 is 23.4 Å². The maximum absolute atomic E-state index is 12.7. The number of phenolic OH excluding ortho intramolecular Hbond substituents is 1. The number of thioether (sulfide) groups is 1. The zero-order valence-corrected chi connectivity index (χ0v) is 20.0. The minimum Gasteiger partial charge on any atom is -0.507 e. The van der Waals surface area contributed by atoms with Crippen LogP contribution in [0.3, 0.4) is 0 Å². The van der Waals surface area contributed by atoms with Gasteiger partial charge in [0.15, 0.2) is 11.0 Å². The maximum Gasteiger partial charge on any atom is 0.234 e. The minimum absolute atomic E-state index is 0.111. The number of amides is 1. The number of para-hydroxylation sites is 1. The van der Waals surface area contributed by atoms with Gasteiger partial charge in [0.05, 0.1) is 24.1 Å². The third-order valence-electron chi connectivity index (χ3n) is 5.10. The van der Waals surface area contributed by atoms with Crippen molar-refractivity contribution in [1.82, 2.24) is 14.8 Å². The van der Waals surface area contributed by atoms with Gasteiger partial charge in [-0.3, -0.25) is 4.79 Å². The van der Waals surface area contributed by atoms with Gasteiger partial charge in [0.25, 0.3) is 0 Å². The summed E-state index contributed by atoms with van der Waals surface area (Å²) in [7, 11) is 1.53. The molecule has 9 heteroatoms. The number of hydrogen-bond acceptors (Lipinski definition) is 6. The van der Waals surface area contributed by atoms with Gasteiger partial charge in [0.1, 0.15) is 11.5 Å². The lowest BCUT2D eigenvalue weighted by atomic mass is 10.1. The van der Waals surface area contributed by atoms with Gasteiger partial charge in [-0.15, -0.1) is 10.2 Å². The van der Waals surface area contributed by atoms with Crippen molar-refractivity contribution in [3.8, 4) is 22.9 Å². The first-order valence-electron chi connectivity index (χ1n) is 10.6. The van der Waals surface area contributed by atoms with E-state index in [2.05, 4.69) is 27.6 Å². The Kier molecular flexibility index (Phi) is 7.72. The first-order chi connectivity index (χ1) is 16.5. The van der Waals surface area contributed by atoms with Crippen LogP contribution in [-0.4, -0.2) is 38.6 Å². The fraction of sp³-hybridized carbons (Fsp3) is 0.160. The van der Waals surface area contributed by atoms with E-state index in [0.29, 0.717) is 39.5 Å². The second-order valence-corrected chi connectivity index (χ2v) is 8.77. The monoisotopic (exact) mass is 494 g/mol. The molecule has 1 heterocycles. The normalized spacial score (nSPS) is 10.8.